The van der Waals surface area contributed by atoms with Crippen molar-refractivity contribution < 1.29 is 18.7 Å². The largest absolute Gasteiger partial charge is 0.497 e. The third-order valence-corrected chi connectivity index (χ3v) is 6.03. The molecule has 4 rings (SSSR count). The Morgan fingerprint density at radius 1 is 1.06 bits per heavy atom. The molecule has 0 aromatic heterocycles. The Balaban J connectivity index is 1.55. The van der Waals surface area contributed by atoms with Crippen molar-refractivity contribution in [1.29, 1.82) is 0 Å². The smallest absolute Gasteiger partial charge is 0.257 e. The first-order chi connectivity index (χ1) is 15.5. The average Bonchev–Trinajstić information content (AvgIpc) is 3.25. The van der Waals surface area contributed by atoms with Crippen LogP contribution in [-0.2, 0) is 9.59 Å². The van der Waals surface area contributed by atoms with Crippen LogP contribution >= 0.6 is 0 Å². The van der Waals surface area contributed by atoms with E-state index in [1.165, 1.54) is 11.1 Å². The van der Waals surface area contributed by atoms with E-state index in [0.717, 1.165) is 17.0 Å². The molecule has 2 aliphatic rings. The number of carbonyl (C=O) groups is 2. The van der Waals surface area contributed by atoms with Crippen LogP contribution in [0.3, 0.4) is 0 Å². The molecule has 0 N–H and O–H groups in total. The first-order valence-corrected chi connectivity index (χ1v) is 10.7. The van der Waals surface area contributed by atoms with Crippen molar-refractivity contribution in [2.75, 3.05) is 39.8 Å². The molecule has 7 nitrogen and oxygen atoms in total. The van der Waals surface area contributed by atoms with Crippen LogP contribution < -0.4 is 4.74 Å². The zero-order valence-electron chi connectivity index (χ0n) is 18.3. The molecule has 2 aromatic rings. The fraction of sp³-hybridized carbons (Fsp3) is 0.375. The molecule has 2 aliphatic heterocycles. The topological polar surface area (TPSA) is 65.5 Å². The monoisotopic (exact) mass is 438 g/mol. The second-order valence-corrected chi connectivity index (χ2v) is 8.04. The molecule has 0 saturated carbocycles. The lowest BCUT2D eigenvalue weighted by molar-refractivity contribution is -0.135. The average molecular weight is 439 g/mol. The second kappa shape index (κ2) is 9.48. The molecule has 0 aliphatic carbocycles. The first kappa shape index (κ1) is 22.0. The highest BCUT2D eigenvalue weighted by Gasteiger charge is 2.35. The highest BCUT2D eigenvalue weighted by Crippen LogP contribution is 2.34. The number of methoxy groups -OCH3 is 1. The molecule has 0 spiro atoms. The molecule has 0 bridgehead atoms. The molecule has 1 saturated heterocycles. The van der Waals surface area contributed by atoms with Gasteiger partial charge in [0.05, 0.1) is 25.4 Å². The summed E-state index contributed by atoms with van der Waals surface area (Å²) in [7, 11) is 1.60. The van der Waals surface area contributed by atoms with Crippen molar-refractivity contribution in [1.82, 2.24) is 14.8 Å². The van der Waals surface area contributed by atoms with Gasteiger partial charge in [0, 0.05) is 45.1 Å². The van der Waals surface area contributed by atoms with E-state index < -0.39 is 6.04 Å². The Bertz CT molecular complexity index is 1020. The summed E-state index contributed by atoms with van der Waals surface area (Å²) in [5.41, 5.74) is 2.06. The molecule has 8 heteroatoms. The zero-order chi connectivity index (χ0) is 22.7. The van der Waals surface area contributed by atoms with Gasteiger partial charge >= 0.3 is 0 Å². The van der Waals surface area contributed by atoms with Crippen molar-refractivity contribution in [3.05, 3.63) is 65.5 Å². The van der Waals surface area contributed by atoms with Crippen LogP contribution in [0.2, 0.25) is 0 Å². The highest BCUT2D eigenvalue weighted by molar-refractivity contribution is 6.03. The Labute approximate surface area is 187 Å². The van der Waals surface area contributed by atoms with Crippen LogP contribution in [0.25, 0.3) is 0 Å². The van der Waals surface area contributed by atoms with E-state index in [-0.39, 0.29) is 24.2 Å². The van der Waals surface area contributed by atoms with E-state index in [4.69, 9.17) is 4.74 Å². The number of rotatable bonds is 5. The standard InChI is InChI=1S/C24H27FN4O3/c1-17(30)28-13-11-27(12-14-28)16-24(31)29-23(20-5-3-4-6-21(20)25)15-22(26-29)18-7-9-19(32-2)10-8-18/h3-10,23H,11-16H2,1-2H3/t23-/m0/s1. The van der Waals surface area contributed by atoms with Crippen molar-refractivity contribution in [3.8, 4) is 5.75 Å². The third-order valence-electron chi connectivity index (χ3n) is 6.03. The first-order valence-electron chi connectivity index (χ1n) is 10.7. The van der Waals surface area contributed by atoms with Gasteiger partial charge in [-0.05, 0) is 35.9 Å². The molecule has 168 valence electrons. The molecular formula is C24H27FN4O3. The fourth-order valence-electron chi connectivity index (χ4n) is 4.17. The molecule has 0 radical (unpaired) electrons. The number of carbonyl (C=O) groups excluding carboxylic acids is 2. The minimum atomic E-state index is -0.501. The number of hydrogen-bond donors (Lipinski definition) is 0. The van der Waals surface area contributed by atoms with Gasteiger partial charge in [-0.2, -0.15) is 5.10 Å². The summed E-state index contributed by atoms with van der Waals surface area (Å²) < 4.78 is 19.9. The van der Waals surface area contributed by atoms with Gasteiger partial charge in [-0.3, -0.25) is 14.5 Å². The van der Waals surface area contributed by atoms with E-state index in [1.54, 1.807) is 37.1 Å². The van der Waals surface area contributed by atoms with Gasteiger partial charge in [0.1, 0.15) is 11.6 Å². The lowest BCUT2D eigenvalue weighted by atomic mass is 9.98. The summed E-state index contributed by atoms with van der Waals surface area (Å²) in [5, 5.41) is 6.05. The summed E-state index contributed by atoms with van der Waals surface area (Å²) in [5.74, 6) is 0.245. The Kier molecular flexibility index (Phi) is 6.50. The quantitative estimate of drug-likeness (QED) is 0.720. The molecular weight excluding hydrogens is 411 g/mol. The number of benzene rings is 2. The van der Waals surface area contributed by atoms with E-state index in [1.807, 2.05) is 29.2 Å². The van der Waals surface area contributed by atoms with Crippen LogP contribution in [0.1, 0.15) is 30.5 Å². The predicted octanol–water partition coefficient (Wildman–Crippen LogP) is 2.68. The maximum absolute atomic E-state index is 14.6. The van der Waals surface area contributed by atoms with Crippen molar-refractivity contribution in [2.45, 2.75) is 19.4 Å². The molecule has 2 heterocycles. The number of hydrogen-bond acceptors (Lipinski definition) is 5. The van der Waals surface area contributed by atoms with Gasteiger partial charge in [-0.1, -0.05) is 18.2 Å². The summed E-state index contributed by atoms with van der Waals surface area (Å²) in [6.07, 6.45) is 0.428. The Morgan fingerprint density at radius 3 is 2.38 bits per heavy atom. The van der Waals surface area contributed by atoms with Crippen LogP contribution in [0, 0.1) is 5.82 Å². The van der Waals surface area contributed by atoms with Gasteiger partial charge in [-0.15, -0.1) is 0 Å². The minimum absolute atomic E-state index is 0.0452. The summed E-state index contributed by atoms with van der Waals surface area (Å²) in [4.78, 5) is 28.6. The van der Waals surface area contributed by atoms with E-state index in [0.29, 0.717) is 38.2 Å². The molecule has 1 fully saturated rings. The van der Waals surface area contributed by atoms with Gasteiger partial charge in [0.15, 0.2) is 0 Å². The van der Waals surface area contributed by atoms with E-state index in [9.17, 15) is 14.0 Å². The summed E-state index contributed by atoms with van der Waals surface area (Å²) in [6, 6.07) is 13.5. The second-order valence-electron chi connectivity index (χ2n) is 8.04. The number of amides is 2. The number of halogens is 1. The lowest BCUT2D eigenvalue weighted by Gasteiger charge is -2.34. The SMILES string of the molecule is COc1ccc(C2=NN(C(=O)CN3CCN(C(C)=O)CC3)[C@H](c3ccccc3F)C2)cc1. The van der Waals surface area contributed by atoms with Crippen LogP contribution in [0.15, 0.2) is 53.6 Å². The van der Waals surface area contributed by atoms with Gasteiger partial charge in [0.2, 0.25) is 5.91 Å². The maximum Gasteiger partial charge on any atom is 0.257 e. The van der Waals surface area contributed by atoms with Crippen LogP contribution in [-0.4, -0.2) is 72.2 Å². The van der Waals surface area contributed by atoms with Crippen molar-refractivity contribution in [3.63, 3.8) is 0 Å². The van der Waals surface area contributed by atoms with Gasteiger partial charge in [0.25, 0.3) is 5.91 Å². The normalized spacial score (nSPS) is 19.1. The number of ether oxygens (including phenoxy) is 1. The lowest BCUT2D eigenvalue weighted by Crippen LogP contribution is -2.50. The van der Waals surface area contributed by atoms with Gasteiger partial charge in [-0.25, -0.2) is 9.40 Å². The molecule has 32 heavy (non-hydrogen) atoms. The Hall–Kier alpha value is -3.26. The molecule has 0 unspecified atom stereocenters. The Morgan fingerprint density at radius 2 is 1.75 bits per heavy atom. The van der Waals surface area contributed by atoms with E-state index in [2.05, 4.69) is 5.10 Å². The van der Waals surface area contributed by atoms with Gasteiger partial charge < -0.3 is 9.64 Å². The molecule has 1 atom stereocenters. The highest BCUT2D eigenvalue weighted by atomic mass is 19.1. The summed E-state index contributed by atoms with van der Waals surface area (Å²) in [6.45, 7) is 4.17. The molecule has 2 amide bonds. The van der Waals surface area contributed by atoms with Crippen molar-refractivity contribution in [2.24, 2.45) is 5.10 Å². The zero-order valence-corrected chi connectivity index (χ0v) is 18.3. The van der Waals surface area contributed by atoms with Crippen LogP contribution in [0.4, 0.5) is 4.39 Å². The number of hydrazone groups is 1. The third kappa shape index (κ3) is 4.65. The van der Waals surface area contributed by atoms with E-state index >= 15 is 0 Å². The summed E-state index contributed by atoms with van der Waals surface area (Å²) >= 11 is 0. The maximum atomic E-state index is 14.6. The fourth-order valence-corrected chi connectivity index (χ4v) is 4.17. The predicted molar refractivity (Wildman–Crippen MR) is 119 cm³/mol. The van der Waals surface area contributed by atoms with Crippen LogP contribution in [0.5, 0.6) is 5.75 Å². The number of piperazine rings is 1. The molecule has 2 aromatic carbocycles. The minimum Gasteiger partial charge on any atom is -0.497 e. The van der Waals surface area contributed by atoms with Crippen molar-refractivity contribution >= 4 is 17.5 Å². The number of nitrogens with zero attached hydrogens (tertiary/aromatic N) is 4.